The number of likely N-dealkylation sites (tertiary alicyclic amines) is 1. The van der Waals surface area contributed by atoms with Crippen LogP contribution in [0.3, 0.4) is 0 Å². The lowest BCUT2D eigenvalue weighted by Gasteiger charge is -2.11. The van der Waals surface area contributed by atoms with E-state index in [4.69, 9.17) is 16.6 Å². The van der Waals surface area contributed by atoms with E-state index in [1.54, 1.807) is 18.2 Å². The number of amidine groups is 1. The zero-order chi connectivity index (χ0) is 20.2. The van der Waals surface area contributed by atoms with Crippen LogP contribution in [-0.2, 0) is 6.54 Å². The zero-order valence-corrected chi connectivity index (χ0v) is 16.7. The molecule has 0 amide bonds. The maximum Gasteiger partial charge on any atom is 0.160 e. The van der Waals surface area contributed by atoms with Crippen molar-refractivity contribution in [3.8, 4) is 28.9 Å². The number of phenolic OH excluding ortho intramolecular Hbond substituents is 1. The number of hydrogen-bond acceptors (Lipinski definition) is 6. The molecule has 1 aromatic carbocycles. The summed E-state index contributed by atoms with van der Waals surface area (Å²) in [6.45, 7) is 3.08. The van der Waals surface area contributed by atoms with Crippen LogP contribution >= 0.6 is 11.3 Å². The molecule has 0 unspecified atom stereocenters. The van der Waals surface area contributed by atoms with Gasteiger partial charge in [0, 0.05) is 17.8 Å². The molecule has 2 aromatic heterocycles. The quantitative estimate of drug-likeness (QED) is 0.333. The third kappa shape index (κ3) is 4.45. The topological polar surface area (TPSA) is 87.0 Å². The van der Waals surface area contributed by atoms with Crippen LogP contribution < -0.4 is 11.1 Å². The van der Waals surface area contributed by atoms with Gasteiger partial charge in [0.05, 0.1) is 22.0 Å². The first-order chi connectivity index (χ1) is 14.1. The van der Waals surface area contributed by atoms with E-state index in [1.165, 1.54) is 24.2 Å². The molecule has 3 aromatic rings. The highest BCUT2D eigenvalue weighted by Crippen LogP contribution is 2.35. The van der Waals surface area contributed by atoms with Crippen molar-refractivity contribution in [2.75, 3.05) is 24.1 Å². The van der Waals surface area contributed by atoms with Gasteiger partial charge >= 0.3 is 0 Å². The predicted molar refractivity (Wildman–Crippen MR) is 118 cm³/mol. The number of anilines is 2. The van der Waals surface area contributed by atoms with Gasteiger partial charge in [0.15, 0.2) is 5.84 Å². The fourth-order valence-corrected chi connectivity index (χ4v) is 4.37. The molecule has 0 bridgehead atoms. The third-order valence-corrected chi connectivity index (χ3v) is 5.92. The number of nitrogens with zero attached hydrogens (tertiary/aromatic N) is 2. The van der Waals surface area contributed by atoms with Gasteiger partial charge in [-0.25, -0.2) is 0 Å². The van der Waals surface area contributed by atoms with Crippen LogP contribution in [0, 0.1) is 12.5 Å². The molecule has 3 heterocycles. The van der Waals surface area contributed by atoms with Gasteiger partial charge in [-0.15, -0.1) is 11.3 Å². The Hall–Kier alpha value is -3.21. The standard InChI is InChI=1S/C22H22N4O2S/c1-2-24-22(25-15-6-5-7-16(27)12-15)21-18(23)13-20(29-21)19-9-8-17(28-19)14-26-10-3-4-11-26/h1,5-9,12-13,27H,3-4,10-11,14,23H2,(H,24,25). The lowest BCUT2D eigenvalue weighted by Crippen LogP contribution is -2.17. The lowest BCUT2D eigenvalue weighted by atomic mass is 10.2. The van der Waals surface area contributed by atoms with E-state index < -0.39 is 0 Å². The number of aromatic hydroxyl groups is 1. The predicted octanol–water partition coefficient (Wildman–Crippen LogP) is 4.34. The molecule has 0 atom stereocenters. The highest BCUT2D eigenvalue weighted by Gasteiger charge is 2.18. The van der Waals surface area contributed by atoms with Crippen LogP contribution in [0.4, 0.5) is 11.4 Å². The van der Waals surface area contributed by atoms with Gasteiger partial charge in [-0.05, 0) is 56.3 Å². The molecule has 7 heteroatoms. The Morgan fingerprint density at radius 1 is 1.28 bits per heavy atom. The summed E-state index contributed by atoms with van der Waals surface area (Å²) in [6, 6.07) is 14.9. The molecule has 0 radical (unpaired) electrons. The van der Waals surface area contributed by atoms with Crippen LogP contribution in [0.25, 0.3) is 10.6 Å². The smallest absolute Gasteiger partial charge is 0.160 e. The summed E-state index contributed by atoms with van der Waals surface area (Å²) in [5.41, 5.74) is 7.48. The highest BCUT2D eigenvalue weighted by molar-refractivity contribution is 7.18. The van der Waals surface area contributed by atoms with Crippen molar-refractivity contribution < 1.29 is 9.52 Å². The van der Waals surface area contributed by atoms with E-state index in [-0.39, 0.29) is 5.75 Å². The van der Waals surface area contributed by atoms with Gasteiger partial charge in [0.25, 0.3) is 0 Å². The fraction of sp³-hybridized carbons (Fsp3) is 0.227. The van der Waals surface area contributed by atoms with E-state index >= 15 is 0 Å². The molecule has 0 aliphatic carbocycles. The van der Waals surface area contributed by atoms with Crippen molar-refractivity contribution in [2.45, 2.75) is 19.4 Å². The summed E-state index contributed by atoms with van der Waals surface area (Å²) in [6.07, 6.45) is 7.92. The number of aliphatic imine (C=N–C) groups is 1. The molecule has 4 rings (SSSR count). The average Bonchev–Trinajstić information content (AvgIpc) is 3.43. The molecule has 6 nitrogen and oxygen atoms in total. The Morgan fingerprint density at radius 2 is 2.10 bits per heavy atom. The summed E-state index contributed by atoms with van der Waals surface area (Å²) >= 11 is 1.46. The minimum absolute atomic E-state index is 0.149. The molecule has 1 saturated heterocycles. The number of hydrogen-bond donors (Lipinski definition) is 3. The highest BCUT2D eigenvalue weighted by atomic mass is 32.1. The van der Waals surface area contributed by atoms with E-state index in [1.807, 2.05) is 24.3 Å². The van der Waals surface area contributed by atoms with Crippen molar-refractivity contribution in [2.24, 2.45) is 4.99 Å². The summed E-state index contributed by atoms with van der Waals surface area (Å²) in [4.78, 5) is 8.13. The first kappa shape index (κ1) is 19.1. The number of benzene rings is 1. The molecular weight excluding hydrogens is 384 g/mol. The Bertz CT molecular complexity index is 1070. The molecule has 1 fully saturated rings. The van der Waals surface area contributed by atoms with Crippen LogP contribution in [0.1, 0.15) is 23.5 Å². The van der Waals surface area contributed by atoms with E-state index in [2.05, 4.69) is 21.3 Å². The van der Waals surface area contributed by atoms with Crippen molar-refractivity contribution in [3.63, 3.8) is 0 Å². The fourth-order valence-electron chi connectivity index (χ4n) is 3.39. The number of rotatable bonds is 5. The first-order valence-electron chi connectivity index (χ1n) is 9.43. The molecule has 4 N–H and O–H groups in total. The number of nitrogens with one attached hydrogen (secondary N) is 1. The molecule has 0 saturated carbocycles. The largest absolute Gasteiger partial charge is 0.508 e. The molecule has 0 spiro atoms. The van der Waals surface area contributed by atoms with E-state index in [0.29, 0.717) is 17.2 Å². The third-order valence-electron chi connectivity index (χ3n) is 4.74. The van der Waals surface area contributed by atoms with Gasteiger partial charge in [0.2, 0.25) is 0 Å². The minimum Gasteiger partial charge on any atom is -0.508 e. The number of nitrogen functional groups attached to an aromatic ring is 1. The number of furan rings is 1. The molecule has 148 valence electrons. The Balaban J connectivity index is 1.57. The van der Waals surface area contributed by atoms with Gasteiger partial charge < -0.3 is 20.6 Å². The number of terminal acetylenes is 1. The Morgan fingerprint density at radius 3 is 2.86 bits per heavy atom. The molecular formula is C22H22N4O2S. The number of phenols is 1. The summed E-state index contributed by atoms with van der Waals surface area (Å²) in [5.74, 6) is 2.33. The van der Waals surface area contributed by atoms with Gasteiger partial charge in [0.1, 0.15) is 17.3 Å². The minimum atomic E-state index is 0.149. The second-order valence-electron chi connectivity index (χ2n) is 6.91. The van der Waals surface area contributed by atoms with E-state index in [9.17, 15) is 5.11 Å². The molecule has 1 aliphatic heterocycles. The van der Waals surface area contributed by atoms with Gasteiger partial charge in [-0.1, -0.05) is 12.5 Å². The maximum absolute atomic E-state index is 9.68. The maximum atomic E-state index is 9.68. The Labute approximate surface area is 173 Å². The molecule has 29 heavy (non-hydrogen) atoms. The van der Waals surface area contributed by atoms with Crippen molar-refractivity contribution in [1.29, 1.82) is 0 Å². The summed E-state index contributed by atoms with van der Waals surface area (Å²) < 4.78 is 6.05. The number of nitrogens with two attached hydrogens (primary N) is 1. The van der Waals surface area contributed by atoms with Crippen LogP contribution in [0.5, 0.6) is 5.75 Å². The van der Waals surface area contributed by atoms with Gasteiger partial charge in [-0.3, -0.25) is 4.90 Å². The monoisotopic (exact) mass is 406 g/mol. The van der Waals surface area contributed by atoms with Crippen molar-refractivity contribution in [3.05, 3.63) is 53.1 Å². The number of thiophene rings is 1. The lowest BCUT2D eigenvalue weighted by molar-refractivity contribution is 0.299. The van der Waals surface area contributed by atoms with Crippen LogP contribution in [-0.4, -0.2) is 28.9 Å². The Kier molecular flexibility index (Phi) is 5.56. The van der Waals surface area contributed by atoms with Crippen LogP contribution in [0.2, 0.25) is 0 Å². The van der Waals surface area contributed by atoms with Crippen molar-refractivity contribution in [1.82, 2.24) is 4.90 Å². The second kappa shape index (κ2) is 8.43. The molecule has 1 aliphatic rings. The van der Waals surface area contributed by atoms with Gasteiger partial charge in [-0.2, -0.15) is 4.99 Å². The normalized spacial score (nSPS) is 14.8. The average molecular weight is 407 g/mol. The van der Waals surface area contributed by atoms with Crippen LogP contribution in [0.15, 0.2) is 51.9 Å². The van der Waals surface area contributed by atoms with E-state index in [0.717, 1.165) is 40.9 Å². The zero-order valence-electron chi connectivity index (χ0n) is 15.9. The van der Waals surface area contributed by atoms with Crippen molar-refractivity contribution >= 4 is 28.5 Å². The SMILES string of the molecule is C#CN=C(Nc1cccc(O)c1)c1sc(-c2ccc(CN3CCCC3)o2)cc1N. The summed E-state index contributed by atoms with van der Waals surface area (Å²) in [5, 5.41) is 12.8. The second-order valence-corrected chi connectivity index (χ2v) is 7.96. The first-order valence-corrected chi connectivity index (χ1v) is 10.2. The summed E-state index contributed by atoms with van der Waals surface area (Å²) in [7, 11) is 0.